The number of benzene rings is 1. The van der Waals surface area contributed by atoms with Crippen LogP contribution >= 0.6 is 23.4 Å². The molecule has 0 saturated carbocycles. The van der Waals surface area contributed by atoms with Crippen LogP contribution < -0.4 is 5.73 Å². The number of nitrogens with two attached hydrogens (primary N) is 1. The van der Waals surface area contributed by atoms with E-state index >= 15 is 0 Å². The molecule has 0 spiro atoms. The van der Waals surface area contributed by atoms with E-state index in [0.29, 0.717) is 10.7 Å². The summed E-state index contributed by atoms with van der Waals surface area (Å²) in [5.41, 5.74) is 6.02. The molecule has 0 amide bonds. The lowest BCUT2D eigenvalue weighted by Gasteiger charge is -2.06. The van der Waals surface area contributed by atoms with Crippen molar-refractivity contribution in [2.24, 2.45) is 0 Å². The van der Waals surface area contributed by atoms with Crippen LogP contribution in [-0.4, -0.2) is 16.3 Å². The third-order valence-electron chi connectivity index (χ3n) is 1.63. The first-order valence-electron chi connectivity index (χ1n) is 3.95. The number of hydrogen-bond acceptors (Lipinski definition) is 3. The standard InChI is InChI=1S/C9H10ClNO2S/c1-5(9(12)13)14-6-2-3-8(11)7(10)4-6/h2-5H,11H2,1H3,(H,12,13). The zero-order chi connectivity index (χ0) is 10.7. The second-order valence-corrected chi connectivity index (χ2v) is 4.60. The molecule has 0 radical (unpaired) electrons. The van der Waals surface area contributed by atoms with Gasteiger partial charge in [-0.3, -0.25) is 4.79 Å². The zero-order valence-electron chi connectivity index (χ0n) is 7.53. The van der Waals surface area contributed by atoms with Crippen LogP contribution in [0.2, 0.25) is 5.02 Å². The number of thioether (sulfide) groups is 1. The van der Waals surface area contributed by atoms with Crippen molar-refractivity contribution in [2.45, 2.75) is 17.1 Å². The number of nitrogen functional groups attached to an aromatic ring is 1. The molecule has 0 fully saturated rings. The van der Waals surface area contributed by atoms with Gasteiger partial charge in [0.25, 0.3) is 0 Å². The Labute approximate surface area is 91.2 Å². The van der Waals surface area contributed by atoms with E-state index in [9.17, 15) is 4.79 Å². The molecule has 5 heteroatoms. The van der Waals surface area contributed by atoms with Gasteiger partial charge in [-0.25, -0.2) is 0 Å². The number of carboxylic acid groups (broad SMARTS) is 1. The monoisotopic (exact) mass is 231 g/mol. The Kier molecular flexibility index (Phi) is 3.66. The Balaban J connectivity index is 2.78. The van der Waals surface area contributed by atoms with Crippen LogP contribution in [0.25, 0.3) is 0 Å². The maximum absolute atomic E-state index is 10.6. The number of halogens is 1. The minimum atomic E-state index is -0.844. The van der Waals surface area contributed by atoms with Crippen LogP contribution in [0.5, 0.6) is 0 Å². The first kappa shape index (κ1) is 11.2. The molecule has 14 heavy (non-hydrogen) atoms. The average Bonchev–Trinajstić information content (AvgIpc) is 2.11. The van der Waals surface area contributed by atoms with Crippen molar-refractivity contribution in [2.75, 3.05) is 5.73 Å². The molecule has 1 aromatic rings. The normalized spacial score (nSPS) is 12.4. The quantitative estimate of drug-likeness (QED) is 0.620. The van der Waals surface area contributed by atoms with E-state index in [2.05, 4.69) is 0 Å². The molecule has 1 atom stereocenters. The lowest BCUT2D eigenvalue weighted by molar-refractivity contribution is -0.136. The van der Waals surface area contributed by atoms with E-state index in [1.165, 1.54) is 11.8 Å². The van der Waals surface area contributed by atoms with Gasteiger partial charge < -0.3 is 10.8 Å². The van der Waals surface area contributed by atoms with Crippen molar-refractivity contribution < 1.29 is 9.90 Å². The molecule has 3 N–H and O–H groups in total. The number of carbonyl (C=O) groups is 1. The van der Waals surface area contributed by atoms with Gasteiger partial charge in [-0.1, -0.05) is 11.6 Å². The van der Waals surface area contributed by atoms with Crippen molar-refractivity contribution in [1.82, 2.24) is 0 Å². The highest BCUT2D eigenvalue weighted by Gasteiger charge is 2.12. The minimum Gasteiger partial charge on any atom is -0.480 e. The molecule has 1 rings (SSSR count). The smallest absolute Gasteiger partial charge is 0.316 e. The highest BCUT2D eigenvalue weighted by atomic mass is 35.5. The number of anilines is 1. The van der Waals surface area contributed by atoms with Crippen LogP contribution in [0.3, 0.4) is 0 Å². The van der Waals surface area contributed by atoms with E-state index in [1.807, 2.05) is 0 Å². The van der Waals surface area contributed by atoms with E-state index < -0.39 is 11.2 Å². The van der Waals surface area contributed by atoms with Gasteiger partial charge in [0, 0.05) is 4.90 Å². The fraction of sp³-hybridized carbons (Fsp3) is 0.222. The topological polar surface area (TPSA) is 63.3 Å². The first-order valence-corrected chi connectivity index (χ1v) is 5.21. The molecule has 76 valence electrons. The molecule has 1 aromatic carbocycles. The molecule has 0 aliphatic carbocycles. The van der Waals surface area contributed by atoms with Crippen molar-refractivity contribution in [1.29, 1.82) is 0 Å². The molecular weight excluding hydrogens is 222 g/mol. The summed E-state index contributed by atoms with van der Waals surface area (Å²) in [6.07, 6.45) is 0. The summed E-state index contributed by atoms with van der Waals surface area (Å²) in [4.78, 5) is 11.4. The average molecular weight is 232 g/mol. The van der Waals surface area contributed by atoms with Gasteiger partial charge in [-0.2, -0.15) is 0 Å². The second kappa shape index (κ2) is 4.57. The molecule has 0 aliphatic heterocycles. The molecular formula is C9H10ClNO2S. The highest BCUT2D eigenvalue weighted by Crippen LogP contribution is 2.28. The molecule has 0 saturated heterocycles. The summed E-state index contributed by atoms with van der Waals surface area (Å²) in [6, 6.07) is 5.09. The fourth-order valence-electron chi connectivity index (χ4n) is 0.836. The van der Waals surface area contributed by atoms with Gasteiger partial charge in [-0.05, 0) is 25.1 Å². The maximum Gasteiger partial charge on any atom is 0.316 e. The van der Waals surface area contributed by atoms with E-state index in [-0.39, 0.29) is 0 Å². The third-order valence-corrected chi connectivity index (χ3v) is 3.04. The SMILES string of the molecule is CC(Sc1ccc(N)c(Cl)c1)C(=O)O. The second-order valence-electron chi connectivity index (χ2n) is 2.78. The summed E-state index contributed by atoms with van der Waals surface area (Å²) in [6.45, 7) is 1.62. The molecule has 1 unspecified atom stereocenters. The molecule has 0 aromatic heterocycles. The van der Waals surface area contributed by atoms with Crippen LogP contribution in [0.4, 0.5) is 5.69 Å². The molecule has 3 nitrogen and oxygen atoms in total. The van der Waals surface area contributed by atoms with Gasteiger partial charge in [-0.15, -0.1) is 11.8 Å². The van der Waals surface area contributed by atoms with Gasteiger partial charge in [0.15, 0.2) is 0 Å². The van der Waals surface area contributed by atoms with Crippen molar-refractivity contribution >= 4 is 35.0 Å². The Hall–Kier alpha value is -0.870. The summed E-state index contributed by atoms with van der Waals surface area (Å²) < 4.78 is 0. The number of hydrogen-bond donors (Lipinski definition) is 2. The van der Waals surface area contributed by atoms with E-state index in [1.54, 1.807) is 25.1 Å². The fourth-order valence-corrected chi connectivity index (χ4v) is 1.92. The first-order chi connectivity index (χ1) is 6.50. The Morgan fingerprint density at radius 1 is 1.64 bits per heavy atom. The van der Waals surface area contributed by atoms with Crippen LogP contribution in [0.15, 0.2) is 23.1 Å². The Morgan fingerprint density at radius 2 is 2.29 bits per heavy atom. The maximum atomic E-state index is 10.6. The van der Waals surface area contributed by atoms with Crippen LogP contribution in [0, 0.1) is 0 Å². The van der Waals surface area contributed by atoms with Crippen molar-refractivity contribution in [3.05, 3.63) is 23.2 Å². The number of aliphatic carboxylic acids is 1. The third kappa shape index (κ3) is 2.82. The Bertz CT molecular complexity index is 357. The summed E-state index contributed by atoms with van der Waals surface area (Å²) in [5, 5.41) is 8.65. The summed E-state index contributed by atoms with van der Waals surface area (Å²) in [5.74, 6) is -0.844. The van der Waals surface area contributed by atoms with Gasteiger partial charge in [0.1, 0.15) is 5.25 Å². The Morgan fingerprint density at radius 3 is 2.79 bits per heavy atom. The van der Waals surface area contributed by atoms with Crippen LogP contribution in [0.1, 0.15) is 6.92 Å². The largest absolute Gasteiger partial charge is 0.480 e. The molecule has 0 heterocycles. The number of carboxylic acids is 1. The van der Waals surface area contributed by atoms with E-state index in [0.717, 1.165) is 4.90 Å². The molecule has 0 bridgehead atoms. The summed E-state index contributed by atoms with van der Waals surface area (Å²) in [7, 11) is 0. The van der Waals surface area contributed by atoms with Crippen molar-refractivity contribution in [3.8, 4) is 0 Å². The predicted molar refractivity (Wildman–Crippen MR) is 58.8 cm³/mol. The predicted octanol–water partition coefficient (Wildman–Crippen LogP) is 2.49. The lowest BCUT2D eigenvalue weighted by Crippen LogP contribution is -2.10. The van der Waals surface area contributed by atoms with Gasteiger partial charge >= 0.3 is 5.97 Å². The minimum absolute atomic E-state index is 0.451. The summed E-state index contributed by atoms with van der Waals surface area (Å²) >= 11 is 7.03. The van der Waals surface area contributed by atoms with Gasteiger partial charge in [0.05, 0.1) is 10.7 Å². The highest BCUT2D eigenvalue weighted by molar-refractivity contribution is 8.00. The van der Waals surface area contributed by atoms with E-state index in [4.69, 9.17) is 22.4 Å². The lowest BCUT2D eigenvalue weighted by atomic mass is 10.3. The zero-order valence-corrected chi connectivity index (χ0v) is 9.10. The number of rotatable bonds is 3. The van der Waals surface area contributed by atoms with Crippen molar-refractivity contribution in [3.63, 3.8) is 0 Å². The molecule has 0 aliphatic rings. The van der Waals surface area contributed by atoms with Crippen LogP contribution in [-0.2, 0) is 4.79 Å². The van der Waals surface area contributed by atoms with Gasteiger partial charge in [0.2, 0.25) is 0 Å².